The predicted octanol–water partition coefficient (Wildman–Crippen LogP) is 2.35. The van der Waals surface area contributed by atoms with E-state index >= 15 is 0 Å². The Kier molecular flexibility index (Phi) is 11.1. The van der Waals surface area contributed by atoms with Crippen molar-refractivity contribution in [1.29, 1.82) is 5.41 Å². The Labute approximate surface area is 235 Å². The summed E-state index contributed by atoms with van der Waals surface area (Å²) < 4.78 is 13.2. The van der Waals surface area contributed by atoms with Crippen LogP contribution in [0.1, 0.15) is 92.4 Å². The first-order valence-electron chi connectivity index (χ1n) is 15.0. The van der Waals surface area contributed by atoms with Crippen molar-refractivity contribution in [2.45, 2.75) is 116 Å². The van der Waals surface area contributed by atoms with Gasteiger partial charge in [-0.25, -0.2) is 0 Å². The summed E-state index contributed by atoms with van der Waals surface area (Å²) in [6.45, 7) is 11.7. The van der Waals surface area contributed by atoms with Crippen molar-refractivity contribution in [2.24, 2.45) is 23.2 Å². The van der Waals surface area contributed by atoms with Gasteiger partial charge in [0.05, 0.1) is 17.6 Å². The second-order valence-electron chi connectivity index (χ2n) is 12.9. The average Bonchev–Trinajstić information content (AvgIpc) is 3.24. The highest BCUT2D eigenvalue weighted by Crippen LogP contribution is 2.65. The van der Waals surface area contributed by atoms with E-state index in [1.165, 1.54) is 6.42 Å². The van der Waals surface area contributed by atoms with Crippen LogP contribution in [0.4, 0.5) is 0 Å². The van der Waals surface area contributed by atoms with E-state index in [0.717, 1.165) is 12.8 Å². The van der Waals surface area contributed by atoms with E-state index in [0.29, 0.717) is 62.8 Å². The molecule has 10 nitrogen and oxygen atoms in total. The van der Waals surface area contributed by atoms with Gasteiger partial charge in [-0.1, -0.05) is 34.1 Å². The van der Waals surface area contributed by atoms with Gasteiger partial charge in [-0.15, -0.1) is 0 Å². The number of rotatable bonds is 15. The monoisotopic (exact) mass is 549 g/mol. The molecule has 1 saturated heterocycles. The maximum absolute atomic E-state index is 13.6. The fourth-order valence-corrected chi connectivity index (χ4v) is 6.82. The standard InChI is InChI=1S/C28H52BN5O5/c1-18(2)15-23(29-38-22-17-19-16-21(27(19,3)4)28(22,5)39-29)34-25(37)20(11-10-13-32-26(30)31-6)33-24(36)12-8-7-9-14-35/h18-23,35H,7-17H2,1-6H3,(H,33,36)(H,34,37)(H3,30,31,32)/t19-,20-,21-,22+,23-,28-/m0/s1. The van der Waals surface area contributed by atoms with E-state index in [9.17, 15) is 9.59 Å². The summed E-state index contributed by atoms with van der Waals surface area (Å²) in [5.41, 5.74) is -0.112. The van der Waals surface area contributed by atoms with Gasteiger partial charge in [0.2, 0.25) is 11.8 Å². The summed E-state index contributed by atoms with van der Waals surface area (Å²) in [6, 6.07) is -0.693. The highest BCUT2D eigenvalue weighted by atomic mass is 16.7. The molecule has 1 aliphatic heterocycles. The SMILES string of the molecule is CNC(=N)NCCC[C@H](NC(=O)CCCCCO)C(=O)N[C@@H](CC(C)C)B1O[C@@H]2C[C@@H]3C[C@@H](C3(C)C)[C@]2(C)O1. The number of aliphatic hydroxyl groups excluding tert-OH is 1. The molecule has 39 heavy (non-hydrogen) atoms. The van der Waals surface area contributed by atoms with Gasteiger partial charge in [-0.05, 0) is 75.0 Å². The molecule has 6 atom stereocenters. The topological polar surface area (TPSA) is 145 Å². The van der Waals surface area contributed by atoms with Crippen molar-refractivity contribution >= 4 is 24.9 Å². The summed E-state index contributed by atoms with van der Waals surface area (Å²) in [5, 5.41) is 28.5. The Morgan fingerprint density at radius 1 is 1.10 bits per heavy atom. The highest BCUT2D eigenvalue weighted by molar-refractivity contribution is 6.47. The number of carbonyl (C=O) groups excluding carboxylic acids is 2. The average molecular weight is 550 g/mol. The van der Waals surface area contributed by atoms with Crippen LogP contribution in [0.2, 0.25) is 0 Å². The Morgan fingerprint density at radius 3 is 2.49 bits per heavy atom. The van der Waals surface area contributed by atoms with Gasteiger partial charge in [-0.2, -0.15) is 0 Å². The minimum absolute atomic E-state index is 0.0360. The van der Waals surface area contributed by atoms with Crippen LogP contribution in [0.15, 0.2) is 0 Å². The lowest BCUT2D eigenvalue weighted by atomic mass is 9.43. The van der Waals surface area contributed by atoms with Crippen LogP contribution in [-0.4, -0.2) is 73.9 Å². The molecule has 4 fully saturated rings. The second kappa shape index (κ2) is 13.7. The minimum atomic E-state index is -0.693. The van der Waals surface area contributed by atoms with Gasteiger partial charge in [0.1, 0.15) is 6.04 Å². The Bertz CT molecular complexity index is 858. The molecule has 0 aromatic carbocycles. The van der Waals surface area contributed by atoms with E-state index < -0.39 is 13.2 Å². The summed E-state index contributed by atoms with van der Waals surface area (Å²) in [4.78, 5) is 26.3. The van der Waals surface area contributed by atoms with Crippen LogP contribution >= 0.6 is 0 Å². The molecule has 3 aliphatic carbocycles. The number of hydrogen-bond donors (Lipinski definition) is 6. The van der Waals surface area contributed by atoms with Gasteiger partial charge in [0.25, 0.3) is 0 Å². The van der Waals surface area contributed by atoms with E-state index in [1.807, 2.05) is 0 Å². The lowest BCUT2D eigenvalue weighted by Gasteiger charge is -2.64. The summed E-state index contributed by atoms with van der Waals surface area (Å²) >= 11 is 0. The quantitative estimate of drug-likeness (QED) is 0.0796. The molecule has 2 bridgehead atoms. The van der Waals surface area contributed by atoms with Gasteiger partial charge >= 0.3 is 7.12 Å². The zero-order valence-corrected chi connectivity index (χ0v) is 24.9. The van der Waals surface area contributed by atoms with Crippen LogP contribution in [-0.2, 0) is 18.9 Å². The maximum atomic E-state index is 13.6. The van der Waals surface area contributed by atoms with E-state index in [-0.39, 0.29) is 47.4 Å². The van der Waals surface area contributed by atoms with Gasteiger partial charge < -0.3 is 35.7 Å². The Balaban J connectivity index is 1.65. The van der Waals surface area contributed by atoms with Gasteiger partial charge in [-0.3, -0.25) is 15.0 Å². The summed E-state index contributed by atoms with van der Waals surface area (Å²) in [7, 11) is 1.15. The smallest absolute Gasteiger partial charge is 0.404 e. The molecule has 0 aromatic rings. The molecule has 0 spiro atoms. The molecular weight excluding hydrogens is 497 g/mol. The van der Waals surface area contributed by atoms with Crippen molar-refractivity contribution in [1.82, 2.24) is 21.3 Å². The molecule has 0 aromatic heterocycles. The first-order valence-corrected chi connectivity index (χ1v) is 15.0. The van der Waals surface area contributed by atoms with Gasteiger partial charge in [0, 0.05) is 26.6 Å². The fourth-order valence-electron chi connectivity index (χ4n) is 6.82. The molecule has 3 saturated carbocycles. The van der Waals surface area contributed by atoms with Crippen molar-refractivity contribution in [3.8, 4) is 0 Å². The number of hydrogen-bond acceptors (Lipinski definition) is 6. The number of unbranched alkanes of at least 4 members (excludes halogenated alkanes) is 2. The fraction of sp³-hybridized carbons (Fsp3) is 0.893. The van der Waals surface area contributed by atoms with Crippen molar-refractivity contribution in [3.05, 3.63) is 0 Å². The number of aliphatic hydroxyl groups is 1. The first-order chi connectivity index (χ1) is 18.4. The number of guanidine groups is 1. The Morgan fingerprint density at radius 2 is 1.85 bits per heavy atom. The molecule has 11 heteroatoms. The van der Waals surface area contributed by atoms with Crippen LogP contribution < -0.4 is 21.3 Å². The van der Waals surface area contributed by atoms with Gasteiger partial charge in [0.15, 0.2) is 5.96 Å². The number of amides is 2. The maximum Gasteiger partial charge on any atom is 0.481 e. The molecule has 222 valence electrons. The summed E-state index contributed by atoms with van der Waals surface area (Å²) in [6.07, 6.45) is 6.36. The lowest BCUT2D eigenvalue weighted by molar-refractivity contribution is -0.199. The molecule has 4 aliphatic rings. The van der Waals surface area contributed by atoms with Crippen LogP contribution in [0.5, 0.6) is 0 Å². The number of nitrogens with one attached hydrogen (secondary N) is 5. The van der Waals surface area contributed by atoms with Crippen molar-refractivity contribution < 1.29 is 24.0 Å². The molecule has 6 N–H and O–H groups in total. The largest absolute Gasteiger partial charge is 0.481 e. The Hall–Kier alpha value is -1.85. The summed E-state index contributed by atoms with van der Waals surface area (Å²) in [5.74, 6) is 0.904. The van der Waals surface area contributed by atoms with Crippen LogP contribution in [0.25, 0.3) is 0 Å². The van der Waals surface area contributed by atoms with E-state index in [1.54, 1.807) is 7.05 Å². The van der Waals surface area contributed by atoms with Crippen LogP contribution in [0.3, 0.4) is 0 Å². The van der Waals surface area contributed by atoms with Crippen LogP contribution in [0, 0.1) is 28.6 Å². The molecule has 4 rings (SSSR count). The zero-order valence-electron chi connectivity index (χ0n) is 24.9. The third-order valence-electron chi connectivity index (χ3n) is 9.29. The highest BCUT2D eigenvalue weighted by Gasteiger charge is 2.68. The zero-order chi connectivity index (χ0) is 28.8. The minimum Gasteiger partial charge on any atom is -0.404 e. The third-order valence-corrected chi connectivity index (χ3v) is 9.29. The molecule has 2 amide bonds. The normalized spacial score (nSPS) is 28.2. The second-order valence-corrected chi connectivity index (χ2v) is 12.9. The molecule has 0 radical (unpaired) electrons. The third kappa shape index (κ3) is 7.67. The predicted molar refractivity (Wildman–Crippen MR) is 153 cm³/mol. The molecule has 1 heterocycles. The molecule has 0 unspecified atom stereocenters. The van der Waals surface area contributed by atoms with Crippen molar-refractivity contribution in [3.63, 3.8) is 0 Å². The molecular formula is C28H52BN5O5. The number of carbonyl (C=O) groups is 2. The lowest BCUT2D eigenvalue weighted by Crippen LogP contribution is -2.65. The van der Waals surface area contributed by atoms with Crippen molar-refractivity contribution in [2.75, 3.05) is 20.2 Å². The first kappa shape index (κ1) is 31.7. The van der Waals surface area contributed by atoms with E-state index in [2.05, 4.69) is 55.9 Å². The van der Waals surface area contributed by atoms with E-state index in [4.69, 9.17) is 19.8 Å².